The number of amides is 4. The Hall–Kier alpha value is -4.17. The first-order valence-electron chi connectivity index (χ1n) is 17.5. The van der Waals surface area contributed by atoms with Crippen LogP contribution < -0.4 is 16.0 Å². The molecule has 0 bridgehead atoms. The molecule has 2 aliphatic carbocycles. The highest BCUT2D eigenvalue weighted by molar-refractivity contribution is 8.00. The van der Waals surface area contributed by atoms with Gasteiger partial charge >= 0.3 is 12.1 Å². The van der Waals surface area contributed by atoms with Crippen molar-refractivity contribution >= 4 is 58.0 Å². The highest BCUT2D eigenvalue weighted by Crippen LogP contribution is 2.36. The fourth-order valence-electron chi connectivity index (χ4n) is 5.80. The number of carbonyl (C=O) groups excluding carboxylic acids is 5. The second kappa shape index (κ2) is 17.4. The predicted octanol–water partition coefficient (Wildman–Crippen LogP) is 6.20. The second-order valence-electron chi connectivity index (χ2n) is 13.7. The Morgan fingerprint density at radius 3 is 2.51 bits per heavy atom. The van der Waals surface area contributed by atoms with Gasteiger partial charge in [0.25, 0.3) is 11.8 Å². The van der Waals surface area contributed by atoms with Gasteiger partial charge in [-0.2, -0.15) is 0 Å². The zero-order valence-corrected chi connectivity index (χ0v) is 31.2. The number of thioether (sulfide) groups is 1. The van der Waals surface area contributed by atoms with Crippen LogP contribution >= 0.6 is 23.1 Å². The molecule has 0 spiro atoms. The maximum atomic E-state index is 14.6. The summed E-state index contributed by atoms with van der Waals surface area (Å²) in [6.07, 6.45) is 10.3. The van der Waals surface area contributed by atoms with E-state index in [1.165, 1.54) is 23.1 Å². The summed E-state index contributed by atoms with van der Waals surface area (Å²) in [6.45, 7) is 7.35. The topological polar surface area (TPSA) is 156 Å². The zero-order valence-electron chi connectivity index (χ0n) is 29.6. The molecule has 1 aromatic carbocycles. The molecule has 0 radical (unpaired) electrons. The van der Waals surface area contributed by atoms with Gasteiger partial charge < -0.3 is 30.3 Å². The first-order valence-corrected chi connectivity index (χ1v) is 19.5. The summed E-state index contributed by atoms with van der Waals surface area (Å²) >= 11 is 2.77. The standard InChI is InChI=1S/C37H47N5O7S2/c1-5-48-30(43)14-10-9-13-29-42(34(46)31(24-11-7-6-8-12-24)40-36(47)49-37(2,3)4)28(22-50-29)33(45)41-35-39-27(21-51-35)23-15-17-25(18-16-23)32(44)38-26-19-20-26/h6-7,11,15-18,21,26,28-29,31H,5,8-10,12-14,19-20,22H2,1-4H3,(H,38,44)(H,40,47)(H,39,41,45)/t28-,29?,31+/m0/s1. The number of nitrogens with one attached hydrogen (secondary N) is 3. The van der Waals surface area contributed by atoms with E-state index >= 15 is 0 Å². The van der Waals surface area contributed by atoms with Crippen molar-refractivity contribution in [2.45, 2.75) is 108 Å². The summed E-state index contributed by atoms with van der Waals surface area (Å²) in [7, 11) is 0. The Morgan fingerprint density at radius 1 is 1.08 bits per heavy atom. The molecule has 1 unspecified atom stereocenters. The third-order valence-corrected chi connectivity index (χ3v) is 10.6. The molecule has 12 nitrogen and oxygen atoms in total. The molecule has 1 aromatic heterocycles. The van der Waals surface area contributed by atoms with Gasteiger partial charge in [0.1, 0.15) is 17.7 Å². The molecular weight excluding hydrogens is 691 g/mol. The second-order valence-corrected chi connectivity index (χ2v) is 15.8. The number of thiazole rings is 1. The monoisotopic (exact) mass is 737 g/mol. The maximum absolute atomic E-state index is 14.6. The van der Waals surface area contributed by atoms with Crippen molar-refractivity contribution in [2.75, 3.05) is 17.7 Å². The molecule has 5 rings (SSSR count). The number of ether oxygens (including phenoxy) is 2. The predicted molar refractivity (Wildman–Crippen MR) is 198 cm³/mol. The molecule has 1 saturated carbocycles. The van der Waals surface area contributed by atoms with E-state index in [0.29, 0.717) is 60.9 Å². The first kappa shape index (κ1) is 38.1. The highest BCUT2D eigenvalue weighted by atomic mass is 32.2. The molecule has 2 fully saturated rings. The van der Waals surface area contributed by atoms with Crippen molar-refractivity contribution < 1.29 is 33.4 Å². The van der Waals surface area contributed by atoms with E-state index in [1.807, 2.05) is 35.7 Å². The number of alkyl carbamates (subject to hydrolysis) is 1. The van der Waals surface area contributed by atoms with Crippen molar-refractivity contribution in [3.63, 3.8) is 0 Å². The number of nitrogens with zero attached hydrogens (tertiary/aromatic N) is 2. The van der Waals surface area contributed by atoms with Gasteiger partial charge in [0.05, 0.1) is 17.7 Å². The van der Waals surface area contributed by atoms with Crippen molar-refractivity contribution in [3.8, 4) is 11.3 Å². The van der Waals surface area contributed by atoms with Crippen molar-refractivity contribution in [2.24, 2.45) is 0 Å². The Morgan fingerprint density at radius 2 is 1.84 bits per heavy atom. The fraction of sp³-hybridized carbons (Fsp3) is 0.514. The summed E-state index contributed by atoms with van der Waals surface area (Å²) in [4.78, 5) is 72.1. The van der Waals surface area contributed by atoms with Gasteiger partial charge in [-0.1, -0.05) is 30.4 Å². The largest absolute Gasteiger partial charge is 0.466 e. The number of anilines is 1. The van der Waals surface area contributed by atoms with Gasteiger partial charge in [-0.25, -0.2) is 9.78 Å². The summed E-state index contributed by atoms with van der Waals surface area (Å²) in [5.41, 5.74) is 1.98. The summed E-state index contributed by atoms with van der Waals surface area (Å²) in [6, 6.07) is 5.59. The minimum Gasteiger partial charge on any atom is -0.466 e. The lowest BCUT2D eigenvalue weighted by Gasteiger charge is -2.34. The number of allylic oxidation sites excluding steroid dienone is 3. The first-order chi connectivity index (χ1) is 24.4. The molecule has 274 valence electrons. The molecular formula is C37H47N5O7S2. The molecule has 3 aliphatic rings. The van der Waals surface area contributed by atoms with Crippen LogP contribution in [0.1, 0.15) is 89.4 Å². The highest BCUT2D eigenvalue weighted by Gasteiger charge is 2.45. The Bertz CT molecular complexity index is 1640. The minimum absolute atomic E-state index is 0.0964. The number of rotatable bonds is 14. The van der Waals surface area contributed by atoms with Crippen LogP contribution in [0.2, 0.25) is 0 Å². The third kappa shape index (κ3) is 10.9. The lowest BCUT2D eigenvalue weighted by Crippen LogP contribution is -2.56. The van der Waals surface area contributed by atoms with Crippen LogP contribution in [0.3, 0.4) is 0 Å². The van der Waals surface area contributed by atoms with Crippen LogP contribution in [-0.2, 0) is 23.9 Å². The van der Waals surface area contributed by atoms with Gasteiger partial charge in [-0.3, -0.25) is 19.2 Å². The van der Waals surface area contributed by atoms with Crippen LogP contribution in [0.25, 0.3) is 11.3 Å². The number of hydrogen-bond donors (Lipinski definition) is 3. The number of carbonyl (C=O) groups is 5. The molecule has 3 atom stereocenters. The maximum Gasteiger partial charge on any atom is 0.408 e. The number of benzene rings is 1. The molecule has 14 heteroatoms. The van der Waals surface area contributed by atoms with E-state index in [2.05, 4.69) is 20.9 Å². The molecule has 1 aliphatic heterocycles. The van der Waals surface area contributed by atoms with Gasteiger partial charge in [-0.05, 0) is 90.3 Å². The SMILES string of the molecule is CCOC(=O)CCCCC1SC[C@@H](C(=O)Nc2nc(-c3ccc(C(=O)NC4CC4)cc3)cs2)N1C(=O)[C@H](NC(=O)OC(C)(C)C)C1=CC=CCC1. The normalized spacial score (nSPS) is 19.1. The molecule has 2 aromatic rings. The zero-order chi connectivity index (χ0) is 36.5. The van der Waals surface area contributed by atoms with Crippen molar-refractivity contribution in [1.82, 2.24) is 20.5 Å². The fourth-order valence-corrected chi connectivity index (χ4v) is 7.98. The van der Waals surface area contributed by atoms with Crippen LogP contribution in [0, 0.1) is 0 Å². The van der Waals surface area contributed by atoms with E-state index in [1.54, 1.807) is 44.7 Å². The van der Waals surface area contributed by atoms with Crippen LogP contribution in [0.5, 0.6) is 0 Å². The molecule has 2 heterocycles. The Labute approximate surface area is 307 Å². The van der Waals surface area contributed by atoms with E-state index in [0.717, 1.165) is 24.0 Å². The Kier molecular flexibility index (Phi) is 13.0. The lowest BCUT2D eigenvalue weighted by molar-refractivity contribution is -0.143. The minimum atomic E-state index is -1.03. The summed E-state index contributed by atoms with van der Waals surface area (Å²) < 4.78 is 10.6. The number of esters is 1. The molecule has 51 heavy (non-hydrogen) atoms. The van der Waals surface area contributed by atoms with Gasteiger partial charge in [0.2, 0.25) is 5.91 Å². The number of unbranched alkanes of at least 4 members (excludes halogenated alkanes) is 1. The average molecular weight is 738 g/mol. The molecule has 1 saturated heterocycles. The quantitative estimate of drug-likeness (QED) is 0.152. The van der Waals surface area contributed by atoms with Gasteiger partial charge in [-0.15, -0.1) is 23.1 Å². The van der Waals surface area contributed by atoms with Crippen LogP contribution in [0.4, 0.5) is 9.93 Å². The third-order valence-electron chi connectivity index (χ3n) is 8.45. The Balaban J connectivity index is 1.32. The summed E-state index contributed by atoms with van der Waals surface area (Å²) in [5.74, 6) is -0.791. The average Bonchev–Trinajstić information content (AvgIpc) is 3.61. The van der Waals surface area contributed by atoms with Crippen molar-refractivity contribution in [1.29, 1.82) is 0 Å². The van der Waals surface area contributed by atoms with Gasteiger partial charge in [0.15, 0.2) is 5.13 Å². The molecule has 4 amide bonds. The van der Waals surface area contributed by atoms with E-state index in [9.17, 15) is 24.0 Å². The lowest BCUT2D eigenvalue weighted by atomic mass is 9.96. The van der Waals surface area contributed by atoms with E-state index < -0.39 is 29.7 Å². The van der Waals surface area contributed by atoms with Crippen molar-refractivity contribution in [3.05, 3.63) is 59.0 Å². The van der Waals surface area contributed by atoms with Gasteiger partial charge in [0, 0.05) is 34.7 Å². The van der Waals surface area contributed by atoms with E-state index in [4.69, 9.17) is 9.47 Å². The smallest absolute Gasteiger partial charge is 0.408 e. The number of aromatic nitrogens is 1. The van der Waals surface area contributed by atoms with Crippen LogP contribution in [0.15, 0.2) is 53.4 Å². The van der Waals surface area contributed by atoms with E-state index in [-0.39, 0.29) is 35.6 Å². The van der Waals surface area contributed by atoms with Crippen LogP contribution in [-0.4, -0.2) is 81.1 Å². The number of hydrogen-bond acceptors (Lipinski definition) is 10. The summed E-state index contributed by atoms with van der Waals surface area (Å²) in [5, 5.41) is 10.6. The molecule has 3 N–H and O–H groups in total.